The minimum atomic E-state index is 0.453. The molecule has 1 aromatic carbocycles. The van der Waals surface area contributed by atoms with Crippen molar-refractivity contribution in [2.45, 2.75) is 38.6 Å². The molecule has 1 fully saturated rings. The Labute approximate surface area is 122 Å². The van der Waals surface area contributed by atoms with Gasteiger partial charge in [-0.25, -0.2) is 0 Å². The Morgan fingerprint density at radius 1 is 1.30 bits per heavy atom. The zero-order valence-electron chi connectivity index (χ0n) is 12.7. The summed E-state index contributed by atoms with van der Waals surface area (Å²) in [6, 6.07) is 8.69. The van der Waals surface area contributed by atoms with E-state index in [0.29, 0.717) is 6.04 Å². The van der Waals surface area contributed by atoms with Crippen LogP contribution in [0.4, 0.5) is 0 Å². The van der Waals surface area contributed by atoms with E-state index >= 15 is 0 Å². The molecule has 1 aliphatic rings. The Morgan fingerprint density at radius 2 is 2.10 bits per heavy atom. The molecule has 1 aliphatic carbocycles. The molecule has 3 heteroatoms. The largest absolute Gasteiger partial charge is 0.496 e. The van der Waals surface area contributed by atoms with Crippen molar-refractivity contribution in [1.29, 1.82) is 0 Å². The van der Waals surface area contributed by atoms with Gasteiger partial charge in [0.2, 0.25) is 0 Å². The van der Waals surface area contributed by atoms with Crippen molar-refractivity contribution in [3.05, 3.63) is 29.8 Å². The van der Waals surface area contributed by atoms with Crippen molar-refractivity contribution < 1.29 is 9.47 Å². The molecule has 0 aromatic heterocycles. The molecule has 112 valence electrons. The molecule has 3 nitrogen and oxygen atoms in total. The molecule has 1 unspecified atom stereocenters. The molecular formula is C17H27NO2. The van der Waals surface area contributed by atoms with E-state index in [4.69, 9.17) is 9.47 Å². The molecule has 0 amide bonds. The summed E-state index contributed by atoms with van der Waals surface area (Å²) in [6.45, 7) is 5.08. The summed E-state index contributed by atoms with van der Waals surface area (Å²) >= 11 is 0. The van der Waals surface area contributed by atoms with Gasteiger partial charge < -0.3 is 14.8 Å². The highest BCUT2D eigenvalue weighted by molar-refractivity contribution is 5.33. The minimum absolute atomic E-state index is 0.453. The molecule has 20 heavy (non-hydrogen) atoms. The summed E-state index contributed by atoms with van der Waals surface area (Å²) in [7, 11) is 1.73. The lowest BCUT2D eigenvalue weighted by Crippen LogP contribution is -2.29. The quantitative estimate of drug-likeness (QED) is 0.667. The van der Waals surface area contributed by atoms with Crippen LogP contribution in [0.15, 0.2) is 24.3 Å². The van der Waals surface area contributed by atoms with E-state index in [1.807, 2.05) is 12.1 Å². The smallest absolute Gasteiger partial charge is 0.122 e. The molecule has 0 radical (unpaired) electrons. The van der Waals surface area contributed by atoms with Crippen LogP contribution < -0.4 is 10.1 Å². The van der Waals surface area contributed by atoms with Gasteiger partial charge in [-0.2, -0.15) is 0 Å². The molecule has 1 aromatic rings. The normalized spacial score (nSPS) is 16.1. The Morgan fingerprint density at radius 3 is 2.85 bits per heavy atom. The molecule has 2 rings (SSSR count). The summed E-state index contributed by atoms with van der Waals surface area (Å²) in [5.41, 5.74) is 1.26. The van der Waals surface area contributed by atoms with Gasteiger partial charge in [-0.05, 0) is 56.7 Å². The second-order valence-corrected chi connectivity index (χ2v) is 5.74. The van der Waals surface area contributed by atoms with Crippen molar-refractivity contribution in [2.75, 3.05) is 26.9 Å². The lowest BCUT2D eigenvalue weighted by Gasteiger charge is -2.15. The first kappa shape index (κ1) is 15.3. The van der Waals surface area contributed by atoms with Gasteiger partial charge in [-0.3, -0.25) is 0 Å². The van der Waals surface area contributed by atoms with Crippen molar-refractivity contribution >= 4 is 0 Å². The predicted octanol–water partition coefficient (Wildman–Crippen LogP) is 3.03. The Kier molecular flexibility index (Phi) is 6.34. The summed E-state index contributed by atoms with van der Waals surface area (Å²) in [4.78, 5) is 0. The molecule has 0 heterocycles. The first-order chi connectivity index (χ1) is 9.79. The maximum atomic E-state index is 5.63. The Balaban J connectivity index is 1.58. The number of ether oxygens (including phenoxy) is 2. The molecular weight excluding hydrogens is 250 g/mol. The van der Waals surface area contributed by atoms with E-state index in [1.165, 1.54) is 18.4 Å². The van der Waals surface area contributed by atoms with E-state index in [2.05, 4.69) is 24.4 Å². The highest BCUT2D eigenvalue weighted by Gasteiger charge is 2.20. The molecule has 0 bridgehead atoms. The number of nitrogens with one attached hydrogen (secondary N) is 1. The molecule has 1 atom stereocenters. The van der Waals surface area contributed by atoms with Crippen LogP contribution in [0, 0.1) is 5.92 Å². The van der Waals surface area contributed by atoms with Gasteiger partial charge in [0, 0.05) is 19.3 Å². The standard InChI is InChI=1S/C17H27NO2/c1-14(12-16-6-3-4-7-17(16)19-2)18-10-5-11-20-13-15-8-9-15/h3-4,6-7,14-15,18H,5,8-13H2,1-2H3. The van der Waals surface area contributed by atoms with E-state index in [9.17, 15) is 0 Å². The SMILES string of the molecule is COc1ccccc1CC(C)NCCCOCC1CC1. The van der Waals surface area contributed by atoms with Crippen LogP contribution in [0.1, 0.15) is 31.7 Å². The number of benzene rings is 1. The first-order valence-corrected chi connectivity index (χ1v) is 7.72. The van der Waals surface area contributed by atoms with Crippen LogP contribution in [-0.2, 0) is 11.2 Å². The Bertz CT molecular complexity index is 390. The van der Waals surface area contributed by atoms with E-state index in [0.717, 1.165) is 44.3 Å². The predicted molar refractivity (Wildman–Crippen MR) is 82.3 cm³/mol. The average Bonchev–Trinajstić information content (AvgIpc) is 3.27. The minimum Gasteiger partial charge on any atom is -0.496 e. The summed E-state index contributed by atoms with van der Waals surface area (Å²) in [5, 5.41) is 3.55. The van der Waals surface area contributed by atoms with Crippen LogP contribution in [0.2, 0.25) is 0 Å². The third-order valence-electron chi connectivity index (χ3n) is 3.73. The fraction of sp³-hybridized carbons (Fsp3) is 0.647. The number of para-hydroxylation sites is 1. The summed E-state index contributed by atoms with van der Waals surface area (Å²) in [5.74, 6) is 1.85. The van der Waals surface area contributed by atoms with Crippen molar-refractivity contribution in [2.24, 2.45) is 5.92 Å². The van der Waals surface area contributed by atoms with Gasteiger partial charge >= 0.3 is 0 Å². The van der Waals surface area contributed by atoms with Crippen LogP contribution in [0.25, 0.3) is 0 Å². The van der Waals surface area contributed by atoms with Gasteiger partial charge in [-0.15, -0.1) is 0 Å². The van der Waals surface area contributed by atoms with Gasteiger partial charge in [0.1, 0.15) is 5.75 Å². The third kappa shape index (κ3) is 5.51. The van der Waals surface area contributed by atoms with E-state index in [-0.39, 0.29) is 0 Å². The Hall–Kier alpha value is -1.06. The van der Waals surface area contributed by atoms with Crippen molar-refractivity contribution in [3.8, 4) is 5.75 Å². The average molecular weight is 277 g/mol. The highest BCUT2D eigenvalue weighted by Crippen LogP contribution is 2.28. The van der Waals surface area contributed by atoms with E-state index in [1.54, 1.807) is 7.11 Å². The zero-order chi connectivity index (χ0) is 14.2. The van der Waals surface area contributed by atoms with Gasteiger partial charge in [-0.1, -0.05) is 18.2 Å². The fourth-order valence-electron chi connectivity index (χ4n) is 2.33. The van der Waals surface area contributed by atoms with Gasteiger partial charge in [0.15, 0.2) is 0 Å². The molecule has 0 spiro atoms. The van der Waals surface area contributed by atoms with Crippen molar-refractivity contribution in [3.63, 3.8) is 0 Å². The lowest BCUT2D eigenvalue weighted by atomic mass is 10.1. The summed E-state index contributed by atoms with van der Waals surface area (Å²) < 4.78 is 11.0. The van der Waals surface area contributed by atoms with Gasteiger partial charge in [0.05, 0.1) is 7.11 Å². The third-order valence-corrected chi connectivity index (χ3v) is 3.73. The molecule has 1 saturated carbocycles. The second-order valence-electron chi connectivity index (χ2n) is 5.74. The van der Waals surface area contributed by atoms with Crippen LogP contribution >= 0.6 is 0 Å². The number of methoxy groups -OCH3 is 1. The second kappa shape index (κ2) is 8.28. The van der Waals surface area contributed by atoms with Crippen LogP contribution in [-0.4, -0.2) is 32.9 Å². The number of rotatable bonds is 10. The van der Waals surface area contributed by atoms with Crippen LogP contribution in [0.5, 0.6) is 5.75 Å². The molecule has 0 saturated heterocycles. The fourth-order valence-corrected chi connectivity index (χ4v) is 2.33. The first-order valence-electron chi connectivity index (χ1n) is 7.72. The number of hydrogen-bond donors (Lipinski definition) is 1. The van der Waals surface area contributed by atoms with Gasteiger partial charge in [0.25, 0.3) is 0 Å². The van der Waals surface area contributed by atoms with Crippen LogP contribution in [0.3, 0.4) is 0 Å². The maximum Gasteiger partial charge on any atom is 0.122 e. The summed E-state index contributed by atoms with van der Waals surface area (Å²) in [6.07, 6.45) is 4.82. The monoisotopic (exact) mass is 277 g/mol. The molecule has 1 N–H and O–H groups in total. The maximum absolute atomic E-state index is 5.63. The topological polar surface area (TPSA) is 30.5 Å². The number of hydrogen-bond acceptors (Lipinski definition) is 3. The van der Waals surface area contributed by atoms with Crippen molar-refractivity contribution in [1.82, 2.24) is 5.32 Å². The highest BCUT2D eigenvalue weighted by atomic mass is 16.5. The zero-order valence-corrected chi connectivity index (χ0v) is 12.7. The molecule has 0 aliphatic heterocycles. The van der Waals surface area contributed by atoms with E-state index < -0.39 is 0 Å². The lowest BCUT2D eigenvalue weighted by molar-refractivity contribution is 0.121.